The molecule has 2 aromatic rings. The Morgan fingerprint density at radius 1 is 1.17 bits per heavy atom. The van der Waals surface area contributed by atoms with E-state index in [4.69, 9.17) is 19.1 Å². The Balaban J connectivity index is 1.13. The third kappa shape index (κ3) is 3.84. The van der Waals surface area contributed by atoms with Crippen LogP contribution >= 0.6 is 0 Å². The second kappa shape index (κ2) is 8.56. The number of hydrogen-bond acceptors (Lipinski definition) is 6. The van der Waals surface area contributed by atoms with Crippen molar-refractivity contribution in [2.75, 3.05) is 0 Å². The van der Waals surface area contributed by atoms with Gasteiger partial charge in [-0.25, -0.2) is 4.98 Å². The zero-order valence-corrected chi connectivity index (χ0v) is 21.9. The smallest absolute Gasteiger partial charge is 0.404 e. The lowest BCUT2D eigenvalue weighted by Gasteiger charge is -2.64. The Morgan fingerprint density at radius 3 is 2.75 bits per heavy atom. The van der Waals surface area contributed by atoms with Gasteiger partial charge in [0.2, 0.25) is 6.10 Å². The van der Waals surface area contributed by atoms with Crippen molar-refractivity contribution in [3.05, 3.63) is 42.1 Å². The summed E-state index contributed by atoms with van der Waals surface area (Å²) in [6.07, 6.45) is 2.78. The standard InChI is InChI=1S/C28H36BN3O4/c1-16(2)12-25(29-34-24-14-18-13-23(27(18,3)4)28(24,5)36-29)31-26(33)22-15-21(32-35-22)20-11-10-17-8-6-7-9-19(17)30-20/h6-11,16,18,22-25H,12-15H2,1-5H3,(H,31,33)/t18-,22?,23-,24+,25-,28-/m0/s1. The first-order chi connectivity index (χ1) is 17.1. The molecule has 1 unspecified atom stereocenters. The molecule has 4 fully saturated rings. The Morgan fingerprint density at radius 2 is 1.97 bits per heavy atom. The fourth-order valence-electron chi connectivity index (χ4n) is 6.99. The van der Waals surface area contributed by atoms with Gasteiger partial charge in [0.05, 0.1) is 28.9 Å². The lowest BCUT2D eigenvalue weighted by atomic mass is 9.43. The molecule has 1 N–H and O–H groups in total. The highest BCUT2D eigenvalue weighted by Crippen LogP contribution is 2.65. The van der Waals surface area contributed by atoms with Gasteiger partial charge in [-0.15, -0.1) is 0 Å². The highest BCUT2D eigenvalue weighted by atomic mass is 16.7. The van der Waals surface area contributed by atoms with Crippen molar-refractivity contribution in [3.63, 3.8) is 0 Å². The number of rotatable bonds is 6. The van der Waals surface area contributed by atoms with E-state index in [-0.39, 0.29) is 29.0 Å². The second-order valence-electron chi connectivity index (χ2n) is 12.3. The number of carbonyl (C=O) groups excluding carboxylic acids is 1. The summed E-state index contributed by atoms with van der Waals surface area (Å²) in [5.41, 5.74) is 2.31. The fourth-order valence-corrected chi connectivity index (χ4v) is 6.99. The van der Waals surface area contributed by atoms with Gasteiger partial charge >= 0.3 is 7.12 Å². The molecule has 2 bridgehead atoms. The molecule has 1 aromatic carbocycles. The number of amides is 1. The van der Waals surface area contributed by atoms with Gasteiger partial charge in [0.15, 0.2) is 0 Å². The van der Waals surface area contributed by atoms with Crippen LogP contribution in [0.3, 0.4) is 0 Å². The number of oxime groups is 1. The van der Waals surface area contributed by atoms with Crippen molar-refractivity contribution in [2.45, 2.75) is 84.1 Å². The average molecular weight is 489 g/mol. The van der Waals surface area contributed by atoms with E-state index in [0.29, 0.717) is 29.9 Å². The number of nitrogens with zero attached hydrogens (tertiary/aromatic N) is 2. The first-order valence-corrected chi connectivity index (χ1v) is 13.4. The summed E-state index contributed by atoms with van der Waals surface area (Å²) in [4.78, 5) is 23.6. The van der Waals surface area contributed by atoms with Crippen LogP contribution in [0.1, 0.15) is 66.0 Å². The van der Waals surface area contributed by atoms with Gasteiger partial charge in [-0.2, -0.15) is 0 Å². The molecule has 0 radical (unpaired) electrons. The van der Waals surface area contributed by atoms with E-state index in [0.717, 1.165) is 29.4 Å². The monoisotopic (exact) mass is 489 g/mol. The van der Waals surface area contributed by atoms with E-state index in [9.17, 15) is 4.79 Å². The summed E-state index contributed by atoms with van der Waals surface area (Å²) in [5, 5.41) is 8.48. The predicted molar refractivity (Wildman–Crippen MR) is 139 cm³/mol. The Bertz CT molecular complexity index is 1220. The normalized spacial score (nSPS) is 33.1. The zero-order valence-electron chi connectivity index (χ0n) is 21.9. The van der Waals surface area contributed by atoms with Crippen molar-refractivity contribution < 1.29 is 18.9 Å². The lowest BCUT2D eigenvalue weighted by Crippen LogP contribution is -2.65. The summed E-state index contributed by atoms with van der Waals surface area (Å²) in [5.74, 6) is 1.12. The number of benzene rings is 1. The topological polar surface area (TPSA) is 82.0 Å². The lowest BCUT2D eigenvalue weighted by molar-refractivity contribution is -0.199. The van der Waals surface area contributed by atoms with Gasteiger partial charge in [0.1, 0.15) is 5.71 Å². The molecule has 1 saturated heterocycles. The van der Waals surface area contributed by atoms with Crippen LogP contribution in [0.25, 0.3) is 10.9 Å². The van der Waals surface area contributed by atoms with Crippen molar-refractivity contribution >= 4 is 29.6 Å². The van der Waals surface area contributed by atoms with E-state index < -0.39 is 13.2 Å². The minimum Gasteiger partial charge on any atom is -0.404 e. The number of fused-ring (bicyclic) bond motifs is 1. The van der Waals surface area contributed by atoms with Crippen LogP contribution < -0.4 is 5.32 Å². The number of carbonyl (C=O) groups is 1. The van der Waals surface area contributed by atoms with Crippen molar-refractivity contribution in [3.8, 4) is 0 Å². The third-order valence-corrected chi connectivity index (χ3v) is 9.21. The Hall–Kier alpha value is -2.45. The Kier molecular flexibility index (Phi) is 5.69. The molecule has 6 atom stereocenters. The van der Waals surface area contributed by atoms with Crippen LogP contribution in [0.2, 0.25) is 0 Å². The fraction of sp³-hybridized carbons (Fsp3) is 0.607. The SMILES string of the molecule is CC(C)C[C@H](NC(=O)C1CC(c2ccc3ccccc3n2)=NO1)B1O[C@@H]2C[C@@H]3C[C@@H](C3(C)C)[C@]2(C)O1. The van der Waals surface area contributed by atoms with Gasteiger partial charge in [-0.05, 0) is 61.5 Å². The van der Waals surface area contributed by atoms with Gasteiger partial charge in [0, 0.05) is 11.8 Å². The third-order valence-electron chi connectivity index (χ3n) is 9.21. The second-order valence-corrected chi connectivity index (χ2v) is 12.3. The minimum absolute atomic E-state index is 0.0856. The number of aromatic nitrogens is 1. The largest absolute Gasteiger partial charge is 0.481 e. The molecule has 2 aliphatic heterocycles. The molecule has 3 heterocycles. The molecule has 190 valence electrons. The van der Waals surface area contributed by atoms with Crippen molar-refractivity contribution in [1.82, 2.24) is 10.3 Å². The van der Waals surface area contributed by atoms with E-state index in [1.165, 1.54) is 6.42 Å². The van der Waals surface area contributed by atoms with Crippen LogP contribution in [0, 0.1) is 23.2 Å². The molecular weight excluding hydrogens is 453 g/mol. The van der Waals surface area contributed by atoms with Crippen molar-refractivity contribution in [1.29, 1.82) is 0 Å². The molecule has 8 heteroatoms. The zero-order chi connectivity index (χ0) is 25.2. The maximum absolute atomic E-state index is 13.3. The maximum atomic E-state index is 13.3. The summed E-state index contributed by atoms with van der Waals surface area (Å²) in [7, 11) is -0.453. The molecule has 36 heavy (non-hydrogen) atoms. The molecule has 1 aromatic heterocycles. The number of hydrogen-bond donors (Lipinski definition) is 1. The highest BCUT2D eigenvalue weighted by Gasteiger charge is 2.68. The molecular formula is C28H36BN3O4. The highest BCUT2D eigenvalue weighted by molar-refractivity contribution is 6.48. The van der Waals surface area contributed by atoms with Crippen LogP contribution in [0.5, 0.6) is 0 Å². The first-order valence-electron chi connectivity index (χ1n) is 13.4. The molecule has 1 amide bonds. The molecule has 0 spiro atoms. The van der Waals surface area contributed by atoms with E-state index in [1.807, 2.05) is 36.4 Å². The minimum atomic E-state index is -0.686. The van der Waals surface area contributed by atoms with E-state index >= 15 is 0 Å². The van der Waals surface area contributed by atoms with Crippen LogP contribution in [-0.2, 0) is 18.9 Å². The van der Waals surface area contributed by atoms with Gasteiger partial charge in [0.25, 0.3) is 5.91 Å². The van der Waals surface area contributed by atoms with Crippen LogP contribution in [-0.4, -0.2) is 47.5 Å². The summed E-state index contributed by atoms with van der Waals surface area (Å²) >= 11 is 0. The maximum Gasteiger partial charge on any atom is 0.481 e. The summed E-state index contributed by atoms with van der Waals surface area (Å²) in [6.45, 7) is 11.2. The number of nitrogens with one attached hydrogen (secondary N) is 1. The average Bonchev–Trinajstić information content (AvgIpc) is 3.47. The van der Waals surface area contributed by atoms with Gasteiger partial charge in [-0.1, -0.05) is 57.1 Å². The Labute approximate surface area is 213 Å². The number of pyridine rings is 1. The molecule has 5 aliphatic rings. The predicted octanol–water partition coefficient (Wildman–Crippen LogP) is 4.53. The van der Waals surface area contributed by atoms with E-state index in [1.54, 1.807) is 0 Å². The molecule has 7 rings (SSSR count). The van der Waals surface area contributed by atoms with E-state index in [2.05, 4.69) is 45.1 Å². The quantitative estimate of drug-likeness (QED) is 0.604. The summed E-state index contributed by atoms with van der Waals surface area (Å²) < 4.78 is 13.2. The van der Waals surface area contributed by atoms with Gasteiger partial charge < -0.3 is 19.5 Å². The molecule has 3 aliphatic carbocycles. The van der Waals surface area contributed by atoms with Crippen LogP contribution in [0.15, 0.2) is 41.6 Å². The first kappa shape index (κ1) is 23.9. The number of para-hydroxylation sites is 1. The van der Waals surface area contributed by atoms with Crippen LogP contribution in [0.4, 0.5) is 0 Å². The molecule has 3 saturated carbocycles. The van der Waals surface area contributed by atoms with Crippen molar-refractivity contribution in [2.24, 2.45) is 28.3 Å². The van der Waals surface area contributed by atoms with Gasteiger partial charge in [-0.3, -0.25) is 4.79 Å². The molecule has 7 nitrogen and oxygen atoms in total. The summed E-state index contributed by atoms with van der Waals surface area (Å²) in [6, 6.07) is 11.9.